The predicted octanol–water partition coefficient (Wildman–Crippen LogP) is 3.78. The lowest BCUT2D eigenvalue weighted by Gasteiger charge is -2.37. The summed E-state index contributed by atoms with van der Waals surface area (Å²) in [6.45, 7) is 0.634. The molecule has 4 aromatic rings. The van der Waals surface area contributed by atoms with Gasteiger partial charge < -0.3 is 42.0 Å². The summed E-state index contributed by atoms with van der Waals surface area (Å²) in [5, 5.41) is 6.06. The number of fused-ring (bicyclic) bond motifs is 1. The van der Waals surface area contributed by atoms with Crippen LogP contribution in [0.25, 0.3) is 0 Å². The van der Waals surface area contributed by atoms with Gasteiger partial charge in [0.15, 0.2) is 11.9 Å². The minimum absolute atomic E-state index is 0.0925. The lowest BCUT2D eigenvalue weighted by Crippen LogP contribution is -2.44. The molecule has 1 aliphatic rings. The minimum Gasteiger partial charge on any atom is -0.369 e. The van der Waals surface area contributed by atoms with Crippen molar-refractivity contribution in [2.75, 3.05) is 24.6 Å². The Hall–Kier alpha value is -2.56. The molecule has 0 saturated heterocycles. The summed E-state index contributed by atoms with van der Waals surface area (Å²) in [7, 11) is 0. The third kappa shape index (κ3) is 5.44. The maximum Gasteiger partial charge on any atom is 0.267 e. The van der Waals surface area contributed by atoms with Gasteiger partial charge in [-0.1, -0.05) is 0 Å². The van der Waals surface area contributed by atoms with Crippen molar-refractivity contribution >= 4 is 87.4 Å². The minimum atomic E-state index is -0.310. The molecule has 0 radical (unpaired) electrons. The molecular formula is C22H22Br4N10O2. The van der Waals surface area contributed by atoms with Crippen LogP contribution in [0.5, 0.6) is 0 Å². The van der Waals surface area contributed by atoms with Crippen molar-refractivity contribution < 1.29 is 9.59 Å². The number of rotatable bonds is 7. The number of aromatic amines is 4. The second-order valence-electron chi connectivity index (χ2n) is 8.93. The second kappa shape index (κ2) is 10.9. The fraction of sp³-hybridized carbons (Fsp3) is 0.273. The first-order valence-corrected chi connectivity index (χ1v) is 14.6. The third-order valence-corrected chi connectivity index (χ3v) is 10.1. The van der Waals surface area contributed by atoms with Crippen LogP contribution in [-0.2, 0) is 6.42 Å². The molecule has 3 atom stereocenters. The number of carbonyl (C=O) groups excluding carboxylic acids is 2. The number of imidazole rings is 2. The van der Waals surface area contributed by atoms with E-state index in [4.69, 9.17) is 11.5 Å². The molecule has 5 rings (SSSR count). The molecule has 200 valence electrons. The van der Waals surface area contributed by atoms with E-state index in [0.29, 0.717) is 46.1 Å². The summed E-state index contributed by atoms with van der Waals surface area (Å²) in [5.74, 6) is -0.541. The van der Waals surface area contributed by atoms with Gasteiger partial charge in [-0.2, -0.15) is 0 Å². The topological polar surface area (TPSA) is 199 Å². The number of nitrogen functional groups attached to an aromatic ring is 2. The Morgan fingerprint density at radius 3 is 2.03 bits per heavy atom. The van der Waals surface area contributed by atoms with Crippen molar-refractivity contribution in [1.29, 1.82) is 0 Å². The first kappa shape index (κ1) is 27.0. The fourth-order valence-corrected chi connectivity index (χ4v) is 6.13. The molecule has 4 heterocycles. The second-order valence-corrected chi connectivity index (χ2v) is 12.2. The van der Waals surface area contributed by atoms with Crippen molar-refractivity contribution in [3.63, 3.8) is 0 Å². The van der Waals surface area contributed by atoms with Gasteiger partial charge in [-0.3, -0.25) is 9.59 Å². The number of aromatic nitrogens is 6. The standard InChI is InChI=1S/C22H22Br4N10O2/c23-9-2-12(32-17(9)25)19(37)29-4-7-1-11-16(36-22(28)34-11)15(14-6-31-21(27)35-14)8(7)5-30-20(38)13-3-10(24)18(26)33-13/h2-3,6-8,15,32-33H,1,4-5H2,(H,29,37)(H,30,38)(H3,27,31,35)(H3,28,34,36)/t7-,8-,15?/m1/s1. The molecule has 4 aromatic heterocycles. The molecule has 0 bridgehead atoms. The zero-order chi connectivity index (χ0) is 27.1. The summed E-state index contributed by atoms with van der Waals surface area (Å²) in [6, 6.07) is 3.40. The molecule has 12 nitrogen and oxygen atoms in total. The molecule has 1 unspecified atom stereocenters. The van der Waals surface area contributed by atoms with E-state index in [1.807, 2.05) is 0 Å². The Balaban J connectivity index is 1.43. The maximum atomic E-state index is 13.0. The number of nitrogens with two attached hydrogens (primary N) is 2. The highest BCUT2D eigenvalue weighted by Crippen LogP contribution is 2.42. The summed E-state index contributed by atoms with van der Waals surface area (Å²) >= 11 is 13.5. The number of nitrogens with zero attached hydrogens (tertiary/aromatic N) is 2. The van der Waals surface area contributed by atoms with Crippen LogP contribution in [0.4, 0.5) is 11.9 Å². The molecule has 38 heavy (non-hydrogen) atoms. The largest absolute Gasteiger partial charge is 0.369 e. The van der Waals surface area contributed by atoms with Crippen LogP contribution >= 0.6 is 63.7 Å². The zero-order valence-corrected chi connectivity index (χ0v) is 25.8. The zero-order valence-electron chi connectivity index (χ0n) is 19.5. The molecule has 0 saturated carbocycles. The Bertz CT molecular complexity index is 1470. The Morgan fingerprint density at radius 2 is 1.50 bits per heavy atom. The van der Waals surface area contributed by atoms with Crippen LogP contribution in [0.15, 0.2) is 36.5 Å². The van der Waals surface area contributed by atoms with E-state index >= 15 is 0 Å². The van der Waals surface area contributed by atoms with Crippen LogP contribution in [0.2, 0.25) is 0 Å². The van der Waals surface area contributed by atoms with Crippen molar-refractivity contribution in [3.05, 3.63) is 65.0 Å². The number of H-pyrrole nitrogens is 4. The van der Waals surface area contributed by atoms with Crippen LogP contribution in [0.1, 0.15) is 44.0 Å². The van der Waals surface area contributed by atoms with Crippen molar-refractivity contribution in [1.82, 2.24) is 40.5 Å². The van der Waals surface area contributed by atoms with Crippen molar-refractivity contribution in [2.45, 2.75) is 12.3 Å². The number of nitrogens with one attached hydrogen (secondary N) is 6. The Labute approximate surface area is 249 Å². The van der Waals surface area contributed by atoms with Crippen LogP contribution < -0.4 is 22.1 Å². The first-order chi connectivity index (χ1) is 18.1. The van der Waals surface area contributed by atoms with E-state index in [1.165, 1.54) is 0 Å². The van der Waals surface area contributed by atoms with Gasteiger partial charge in [-0.05, 0) is 94.1 Å². The highest BCUT2D eigenvalue weighted by molar-refractivity contribution is 9.13. The van der Waals surface area contributed by atoms with E-state index in [-0.39, 0.29) is 35.5 Å². The lowest BCUT2D eigenvalue weighted by atomic mass is 9.71. The van der Waals surface area contributed by atoms with Gasteiger partial charge in [0.25, 0.3) is 11.8 Å². The van der Waals surface area contributed by atoms with E-state index in [2.05, 4.69) is 104 Å². The number of hydrogen-bond acceptors (Lipinski definition) is 6. The van der Waals surface area contributed by atoms with Crippen molar-refractivity contribution in [3.8, 4) is 0 Å². The van der Waals surface area contributed by atoms with Gasteiger partial charge in [-0.25, -0.2) is 9.97 Å². The van der Waals surface area contributed by atoms with E-state index < -0.39 is 0 Å². The quantitative estimate of drug-likeness (QED) is 0.140. The Kier molecular flexibility index (Phi) is 7.75. The number of anilines is 2. The highest BCUT2D eigenvalue weighted by atomic mass is 79.9. The molecule has 0 aliphatic heterocycles. The highest BCUT2D eigenvalue weighted by Gasteiger charge is 2.41. The van der Waals surface area contributed by atoms with Crippen LogP contribution in [-0.4, -0.2) is 54.8 Å². The fourth-order valence-electron chi connectivity index (χ4n) is 4.82. The van der Waals surface area contributed by atoms with Gasteiger partial charge in [0.2, 0.25) is 0 Å². The average molecular weight is 778 g/mol. The first-order valence-electron chi connectivity index (χ1n) is 11.4. The third-order valence-electron chi connectivity index (χ3n) is 6.54. The van der Waals surface area contributed by atoms with Gasteiger partial charge in [-0.15, -0.1) is 0 Å². The number of amides is 2. The molecule has 0 aromatic carbocycles. The van der Waals surface area contributed by atoms with E-state index in [9.17, 15) is 9.59 Å². The van der Waals surface area contributed by atoms with Gasteiger partial charge >= 0.3 is 0 Å². The molecule has 0 spiro atoms. The molecule has 10 N–H and O–H groups in total. The summed E-state index contributed by atoms with van der Waals surface area (Å²) < 4.78 is 2.84. The summed E-state index contributed by atoms with van der Waals surface area (Å²) in [6.07, 6.45) is 2.23. The van der Waals surface area contributed by atoms with E-state index in [0.717, 1.165) is 26.0 Å². The summed E-state index contributed by atoms with van der Waals surface area (Å²) in [5.41, 5.74) is 15.1. The monoisotopic (exact) mass is 774 g/mol. The number of halogens is 4. The summed E-state index contributed by atoms with van der Waals surface area (Å²) in [4.78, 5) is 46.9. The molecule has 0 fully saturated rings. The predicted molar refractivity (Wildman–Crippen MR) is 156 cm³/mol. The van der Waals surface area contributed by atoms with Gasteiger partial charge in [0.05, 0.1) is 30.0 Å². The average Bonchev–Trinajstić information content (AvgIpc) is 3.63. The van der Waals surface area contributed by atoms with Gasteiger partial charge in [0.1, 0.15) is 11.4 Å². The van der Waals surface area contributed by atoms with Crippen LogP contribution in [0.3, 0.4) is 0 Å². The van der Waals surface area contributed by atoms with Crippen molar-refractivity contribution in [2.24, 2.45) is 11.8 Å². The van der Waals surface area contributed by atoms with Crippen LogP contribution in [0, 0.1) is 11.8 Å². The number of carbonyl (C=O) groups is 2. The molecule has 1 aliphatic carbocycles. The van der Waals surface area contributed by atoms with E-state index in [1.54, 1.807) is 18.3 Å². The molecular weight excluding hydrogens is 756 g/mol. The normalized spacial score (nSPS) is 18.8. The lowest BCUT2D eigenvalue weighted by molar-refractivity contribution is 0.0906. The SMILES string of the molecule is Nc1ncc(C2c3nc(N)[nH]c3C[C@H](CNC(=O)c3cc(Br)c(Br)[nH]3)[C@H]2CNC(=O)c2cc(Br)c(Br)[nH]2)[nH]1. The number of hydrogen-bond donors (Lipinski definition) is 8. The Morgan fingerprint density at radius 1 is 0.895 bits per heavy atom. The smallest absolute Gasteiger partial charge is 0.267 e. The molecule has 16 heteroatoms. The maximum absolute atomic E-state index is 13.0. The molecule has 2 amide bonds. The van der Waals surface area contributed by atoms with Gasteiger partial charge in [0, 0.05) is 30.4 Å².